The molecule has 160 valence electrons. The lowest BCUT2D eigenvalue weighted by molar-refractivity contribution is 0.350. The van der Waals surface area contributed by atoms with Crippen LogP contribution in [0.4, 0.5) is 4.39 Å². The number of benzene rings is 3. The number of hydrogen-bond donors (Lipinski definition) is 2. The van der Waals surface area contributed by atoms with Gasteiger partial charge in [-0.15, -0.1) is 0 Å². The van der Waals surface area contributed by atoms with Crippen LogP contribution in [-0.2, 0) is 0 Å². The van der Waals surface area contributed by atoms with E-state index in [0.717, 1.165) is 22.4 Å². The Morgan fingerprint density at radius 2 is 1.68 bits per heavy atom. The molecule has 2 N–H and O–H groups in total. The quantitative estimate of drug-likeness (QED) is 0.380. The lowest BCUT2D eigenvalue weighted by Crippen LogP contribution is -2.25. The lowest BCUT2D eigenvalue weighted by atomic mass is 9.89. The fraction of sp³-hybridized carbons (Fsp3) is 0.231. The average molecular weight is 419 g/mol. The Morgan fingerprint density at radius 3 is 2.42 bits per heavy atom. The molecule has 0 spiro atoms. The summed E-state index contributed by atoms with van der Waals surface area (Å²) in [4.78, 5) is 3.39. The van der Waals surface area contributed by atoms with E-state index in [9.17, 15) is 4.39 Å². The van der Waals surface area contributed by atoms with Gasteiger partial charge in [0.15, 0.2) is 11.5 Å². The zero-order valence-corrected chi connectivity index (χ0v) is 18.0. The summed E-state index contributed by atoms with van der Waals surface area (Å²) in [5, 5.41) is 4.80. The minimum Gasteiger partial charge on any atom is -0.493 e. The van der Waals surface area contributed by atoms with Crippen LogP contribution in [-0.4, -0.2) is 25.7 Å². The molecule has 0 saturated carbocycles. The highest BCUT2D eigenvalue weighted by atomic mass is 19.1. The van der Waals surface area contributed by atoms with E-state index in [-0.39, 0.29) is 17.8 Å². The van der Waals surface area contributed by atoms with E-state index in [1.54, 1.807) is 14.2 Å². The van der Waals surface area contributed by atoms with Gasteiger partial charge >= 0.3 is 0 Å². The first-order valence-corrected chi connectivity index (χ1v) is 10.4. The predicted molar refractivity (Wildman–Crippen MR) is 123 cm³/mol. The molecule has 0 aliphatic carbocycles. The van der Waals surface area contributed by atoms with Crippen molar-refractivity contribution >= 4 is 10.9 Å². The van der Waals surface area contributed by atoms with Gasteiger partial charge in [-0.3, -0.25) is 0 Å². The number of H-pyrrole nitrogens is 1. The summed E-state index contributed by atoms with van der Waals surface area (Å²) in [6, 6.07) is 20.9. The molecule has 2 atom stereocenters. The van der Waals surface area contributed by atoms with Crippen molar-refractivity contribution in [1.82, 2.24) is 10.3 Å². The summed E-state index contributed by atoms with van der Waals surface area (Å²) in [6.45, 7) is 2.76. The van der Waals surface area contributed by atoms with E-state index in [2.05, 4.69) is 41.6 Å². The Morgan fingerprint density at radius 1 is 0.903 bits per heavy atom. The van der Waals surface area contributed by atoms with Crippen molar-refractivity contribution in [3.05, 3.63) is 95.4 Å². The first-order chi connectivity index (χ1) is 15.1. The van der Waals surface area contributed by atoms with Crippen LogP contribution in [0.1, 0.15) is 35.6 Å². The zero-order valence-electron chi connectivity index (χ0n) is 18.0. The lowest BCUT2D eigenvalue weighted by Gasteiger charge is -2.24. The van der Waals surface area contributed by atoms with Crippen LogP contribution < -0.4 is 14.8 Å². The van der Waals surface area contributed by atoms with Gasteiger partial charge in [0, 0.05) is 41.2 Å². The van der Waals surface area contributed by atoms with E-state index < -0.39 is 0 Å². The second-order valence-electron chi connectivity index (χ2n) is 7.61. The first kappa shape index (κ1) is 20.9. The number of hydrogen-bond acceptors (Lipinski definition) is 3. The van der Waals surface area contributed by atoms with Gasteiger partial charge < -0.3 is 19.8 Å². The van der Waals surface area contributed by atoms with Gasteiger partial charge in [0.05, 0.1) is 14.2 Å². The number of aromatic amines is 1. The molecule has 4 rings (SSSR count). The van der Waals surface area contributed by atoms with E-state index >= 15 is 0 Å². The van der Waals surface area contributed by atoms with Crippen molar-refractivity contribution in [2.45, 2.75) is 18.9 Å². The third-order valence-corrected chi connectivity index (χ3v) is 5.80. The summed E-state index contributed by atoms with van der Waals surface area (Å²) >= 11 is 0. The highest BCUT2D eigenvalue weighted by Gasteiger charge is 2.24. The molecule has 1 heterocycles. The maximum Gasteiger partial charge on any atom is 0.164 e. The molecule has 0 aliphatic heterocycles. The highest BCUT2D eigenvalue weighted by molar-refractivity contribution is 5.84. The van der Waals surface area contributed by atoms with Gasteiger partial charge in [-0.25, -0.2) is 4.39 Å². The molecule has 0 amide bonds. The number of para-hydroxylation sites is 2. The normalized spacial score (nSPS) is 13.2. The van der Waals surface area contributed by atoms with Crippen molar-refractivity contribution < 1.29 is 13.9 Å². The fourth-order valence-corrected chi connectivity index (χ4v) is 4.12. The van der Waals surface area contributed by atoms with Gasteiger partial charge in [-0.2, -0.15) is 0 Å². The standard InChI is InChI=1S/C26H27FN2O2/c1-17(18-11-13-19(27)14-12-18)28-15-23(21-8-6-10-25(30-2)26(21)31-3)22-16-29-24-9-5-4-7-20(22)24/h4-14,16-17,23,28-29H,15H2,1-3H3/t17-,23-/m1/s1. The summed E-state index contributed by atoms with van der Waals surface area (Å²) < 4.78 is 24.6. The molecule has 0 bridgehead atoms. The van der Waals surface area contributed by atoms with Crippen molar-refractivity contribution in [2.75, 3.05) is 20.8 Å². The van der Waals surface area contributed by atoms with E-state index in [0.29, 0.717) is 12.3 Å². The number of fused-ring (bicyclic) bond motifs is 1. The maximum absolute atomic E-state index is 13.3. The highest BCUT2D eigenvalue weighted by Crippen LogP contribution is 2.40. The summed E-state index contributed by atoms with van der Waals surface area (Å²) in [7, 11) is 3.32. The van der Waals surface area contributed by atoms with Crippen LogP contribution in [0.3, 0.4) is 0 Å². The molecule has 4 aromatic rings. The minimum absolute atomic E-state index is 0.0177. The largest absolute Gasteiger partial charge is 0.493 e. The maximum atomic E-state index is 13.3. The molecule has 0 aliphatic rings. The first-order valence-electron chi connectivity index (χ1n) is 10.4. The third-order valence-electron chi connectivity index (χ3n) is 5.80. The molecule has 5 heteroatoms. The summed E-state index contributed by atoms with van der Waals surface area (Å²) in [5.41, 5.74) is 4.36. The molecule has 4 nitrogen and oxygen atoms in total. The number of rotatable bonds is 8. The number of ether oxygens (including phenoxy) is 2. The molecule has 1 aromatic heterocycles. The van der Waals surface area contributed by atoms with Gasteiger partial charge in [0.25, 0.3) is 0 Å². The van der Waals surface area contributed by atoms with Crippen LogP contribution >= 0.6 is 0 Å². The van der Waals surface area contributed by atoms with E-state index in [1.165, 1.54) is 23.1 Å². The number of halogens is 1. The number of aromatic nitrogens is 1. The van der Waals surface area contributed by atoms with Gasteiger partial charge in [-0.1, -0.05) is 42.5 Å². The van der Waals surface area contributed by atoms with Crippen LogP contribution in [0, 0.1) is 5.82 Å². The van der Waals surface area contributed by atoms with E-state index in [4.69, 9.17) is 9.47 Å². The minimum atomic E-state index is -0.228. The monoisotopic (exact) mass is 418 g/mol. The second-order valence-corrected chi connectivity index (χ2v) is 7.61. The molecular weight excluding hydrogens is 391 g/mol. The molecule has 0 saturated heterocycles. The zero-order chi connectivity index (χ0) is 21.8. The Balaban J connectivity index is 1.72. The molecule has 31 heavy (non-hydrogen) atoms. The molecular formula is C26H27FN2O2. The molecule has 0 unspecified atom stereocenters. The summed E-state index contributed by atoms with van der Waals surface area (Å²) in [5.74, 6) is 1.23. The van der Waals surface area contributed by atoms with Crippen molar-refractivity contribution in [3.63, 3.8) is 0 Å². The molecule has 0 radical (unpaired) electrons. The van der Waals surface area contributed by atoms with Crippen molar-refractivity contribution in [1.29, 1.82) is 0 Å². The Hall–Kier alpha value is -3.31. The van der Waals surface area contributed by atoms with E-state index in [1.807, 2.05) is 36.4 Å². The van der Waals surface area contributed by atoms with Crippen LogP contribution in [0.25, 0.3) is 10.9 Å². The predicted octanol–water partition coefficient (Wildman–Crippen LogP) is 5.81. The van der Waals surface area contributed by atoms with Gasteiger partial charge in [0.2, 0.25) is 0 Å². The Labute approximate surface area is 182 Å². The molecule has 0 fully saturated rings. The number of methoxy groups -OCH3 is 2. The third kappa shape index (κ3) is 4.28. The summed E-state index contributed by atoms with van der Waals surface area (Å²) in [6.07, 6.45) is 2.07. The van der Waals surface area contributed by atoms with Gasteiger partial charge in [-0.05, 0) is 42.3 Å². The van der Waals surface area contributed by atoms with Crippen LogP contribution in [0.2, 0.25) is 0 Å². The average Bonchev–Trinajstić information content (AvgIpc) is 3.23. The molecule has 3 aromatic carbocycles. The van der Waals surface area contributed by atoms with Crippen LogP contribution in [0.5, 0.6) is 11.5 Å². The second kappa shape index (κ2) is 9.23. The Bertz CT molecular complexity index is 1150. The topological polar surface area (TPSA) is 46.3 Å². The van der Waals surface area contributed by atoms with Crippen molar-refractivity contribution in [2.24, 2.45) is 0 Å². The van der Waals surface area contributed by atoms with Gasteiger partial charge in [0.1, 0.15) is 5.82 Å². The number of nitrogens with one attached hydrogen (secondary N) is 2. The Kier molecular flexibility index (Phi) is 6.23. The smallest absolute Gasteiger partial charge is 0.164 e. The van der Waals surface area contributed by atoms with Crippen LogP contribution in [0.15, 0.2) is 72.9 Å². The van der Waals surface area contributed by atoms with Crippen molar-refractivity contribution in [3.8, 4) is 11.5 Å². The SMILES string of the molecule is COc1cccc([C@@H](CN[C@H](C)c2ccc(F)cc2)c2c[nH]c3ccccc23)c1OC. The fourth-order valence-electron chi connectivity index (χ4n) is 4.12.